The number of carbonyl (C=O) groups is 2. The van der Waals surface area contributed by atoms with Gasteiger partial charge >= 0.3 is 0 Å². The maximum absolute atomic E-state index is 14.5. The number of hydrogen-bond acceptors (Lipinski definition) is 5. The third-order valence-electron chi connectivity index (χ3n) is 7.33. The van der Waals surface area contributed by atoms with Crippen molar-refractivity contribution in [1.29, 1.82) is 0 Å². The minimum absolute atomic E-state index is 0.0112. The summed E-state index contributed by atoms with van der Waals surface area (Å²) in [4.78, 5) is 29.7. The molecule has 0 saturated carbocycles. The van der Waals surface area contributed by atoms with Gasteiger partial charge in [-0.15, -0.1) is 0 Å². The van der Waals surface area contributed by atoms with Crippen molar-refractivity contribution in [1.82, 2.24) is 10.2 Å². The van der Waals surface area contributed by atoms with E-state index in [2.05, 4.69) is 5.32 Å². The number of aryl methyl sites for hydroxylation is 1. The third-order valence-corrected chi connectivity index (χ3v) is 9.56. The van der Waals surface area contributed by atoms with Crippen LogP contribution in [0.15, 0.2) is 102 Å². The second-order valence-electron chi connectivity index (χ2n) is 10.8. The molecule has 1 N–H and O–H groups in total. The van der Waals surface area contributed by atoms with Crippen molar-refractivity contribution in [3.05, 3.63) is 124 Å². The highest BCUT2D eigenvalue weighted by Gasteiger charge is 2.35. The maximum Gasteiger partial charge on any atom is 0.264 e. The molecule has 2 amide bonds. The number of rotatable bonds is 14. The molecule has 0 unspecified atom stereocenters. The first-order valence-corrected chi connectivity index (χ1v) is 17.0. The zero-order valence-electron chi connectivity index (χ0n) is 26.0. The first-order chi connectivity index (χ1) is 22.0. The minimum atomic E-state index is -4.29. The quantitative estimate of drug-likeness (QED) is 0.160. The van der Waals surface area contributed by atoms with E-state index in [1.54, 1.807) is 37.4 Å². The van der Waals surface area contributed by atoms with Gasteiger partial charge in [0.2, 0.25) is 11.8 Å². The van der Waals surface area contributed by atoms with E-state index >= 15 is 0 Å². The molecule has 0 fully saturated rings. The van der Waals surface area contributed by atoms with Crippen LogP contribution in [0.25, 0.3) is 0 Å². The molecular formula is C35H37Cl2N3O5S. The molecule has 46 heavy (non-hydrogen) atoms. The summed E-state index contributed by atoms with van der Waals surface area (Å²) in [6, 6.07) is 26.3. The van der Waals surface area contributed by atoms with Crippen molar-refractivity contribution < 1.29 is 22.7 Å². The standard InChI is InChI=1S/C35H37Cl2N3O5S/c1-4-17-38-35(42)33(19-26-9-6-5-7-10-26)39(23-27-11-8-12-31(18-27)45-3)34(41)24-40(30-21-28(36)20-29(37)22-30)46(43,44)32-15-13-25(2)14-16-32/h5-16,18,20-22,33H,4,17,19,23-24H2,1-3H3,(H,38,42)/t33-/m0/s1. The molecular weight excluding hydrogens is 645 g/mol. The van der Waals surface area contributed by atoms with Crippen LogP contribution < -0.4 is 14.4 Å². The number of nitrogens with zero attached hydrogens (tertiary/aromatic N) is 2. The van der Waals surface area contributed by atoms with E-state index in [-0.39, 0.29) is 39.5 Å². The highest BCUT2D eigenvalue weighted by molar-refractivity contribution is 7.92. The summed E-state index contributed by atoms with van der Waals surface area (Å²) in [5.41, 5.74) is 2.53. The highest BCUT2D eigenvalue weighted by atomic mass is 35.5. The lowest BCUT2D eigenvalue weighted by molar-refractivity contribution is -0.140. The Morgan fingerprint density at radius 3 is 2.15 bits per heavy atom. The van der Waals surface area contributed by atoms with Crippen molar-refractivity contribution in [2.24, 2.45) is 0 Å². The van der Waals surface area contributed by atoms with E-state index in [1.807, 2.05) is 50.2 Å². The summed E-state index contributed by atoms with van der Waals surface area (Å²) in [5, 5.41) is 3.34. The zero-order chi connectivity index (χ0) is 33.3. The van der Waals surface area contributed by atoms with Crippen LogP contribution in [0.1, 0.15) is 30.0 Å². The number of ether oxygens (including phenoxy) is 1. The number of methoxy groups -OCH3 is 1. The van der Waals surface area contributed by atoms with Gasteiger partial charge in [-0.2, -0.15) is 0 Å². The van der Waals surface area contributed by atoms with E-state index in [1.165, 1.54) is 35.2 Å². The number of carbonyl (C=O) groups excluding carboxylic acids is 2. The van der Waals surface area contributed by atoms with Gasteiger partial charge in [-0.1, -0.05) is 90.3 Å². The summed E-state index contributed by atoms with van der Waals surface area (Å²) in [7, 11) is -2.74. The predicted molar refractivity (Wildman–Crippen MR) is 183 cm³/mol. The van der Waals surface area contributed by atoms with E-state index in [4.69, 9.17) is 27.9 Å². The third kappa shape index (κ3) is 9.02. The number of amides is 2. The lowest BCUT2D eigenvalue weighted by atomic mass is 10.0. The second-order valence-corrected chi connectivity index (χ2v) is 13.6. The summed E-state index contributed by atoms with van der Waals surface area (Å²) in [6.07, 6.45) is 0.908. The fourth-order valence-electron chi connectivity index (χ4n) is 4.94. The number of anilines is 1. The molecule has 0 saturated heterocycles. The Hall–Kier alpha value is -4.05. The molecule has 0 aliphatic carbocycles. The number of hydrogen-bond donors (Lipinski definition) is 1. The van der Waals surface area contributed by atoms with E-state index in [0.29, 0.717) is 24.3 Å². The topological polar surface area (TPSA) is 96.0 Å². The first kappa shape index (κ1) is 34.8. The summed E-state index contributed by atoms with van der Waals surface area (Å²) in [5.74, 6) is -0.361. The normalized spacial score (nSPS) is 11.8. The monoisotopic (exact) mass is 681 g/mol. The van der Waals surface area contributed by atoms with Gasteiger partial charge in [-0.25, -0.2) is 8.42 Å². The van der Waals surface area contributed by atoms with E-state index in [0.717, 1.165) is 15.4 Å². The van der Waals surface area contributed by atoms with Gasteiger partial charge < -0.3 is 15.0 Å². The molecule has 8 nitrogen and oxygen atoms in total. The molecule has 0 aliphatic rings. The lowest BCUT2D eigenvalue weighted by Crippen LogP contribution is -2.53. The summed E-state index contributed by atoms with van der Waals surface area (Å²) >= 11 is 12.6. The van der Waals surface area contributed by atoms with Gasteiger partial charge in [-0.3, -0.25) is 13.9 Å². The molecule has 11 heteroatoms. The second kappa shape index (κ2) is 16.0. The van der Waals surface area contributed by atoms with E-state index < -0.39 is 28.5 Å². The van der Waals surface area contributed by atoms with Crippen LogP contribution in [-0.2, 0) is 32.6 Å². The van der Waals surface area contributed by atoms with Crippen LogP contribution in [-0.4, -0.2) is 51.4 Å². The Bertz CT molecular complexity index is 1730. The summed E-state index contributed by atoms with van der Waals surface area (Å²) < 4.78 is 34.7. The number of sulfonamides is 1. The predicted octanol–water partition coefficient (Wildman–Crippen LogP) is 6.67. The number of nitrogens with one attached hydrogen (secondary N) is 1. The minimum Gasteiger partial charge on any atom is -0.497 e. The average Bonchev–Trinajstić information content (AvgIpc) is 3.04. The van der Waals surface area contributed by atoms with Crippen LogP contribution in [0.4, 0.5) is 5.69 Å². The van der Waals surface area contributed by atoms with Gasteiger partial charge in [-0.05, 0) is 66.9 Å². The first-order valence-electron chi connectivity index (χ1n) is 14.8. The Morgan fingerprint density at radius 1 is 0.870 bits per heavy atom. The van der Waals surface area contributed by atoms with Crippen LogP contribution in [0.3, 0.4) is 0 Å². The Labute approximate surface area is 280 Å². The number of benzene rings is 4. The fourth-order valence-corrected chi connectivity index (χ4v) is 6.85. The Kier molecular flexibility index (Phi) is 12.1. The molecule has 1 atom stereocenters. The molecule has 0 spiro atoms. The van der Waals surface area contributed by atoms with Crippen LogP contribution in [0.2, 0.25) is 10.0 Å². The molecule has 0 aromatic heterocycles. The van der Waals surface area contributed by atoms with Gasteiger partial charge in [0.1, 0.15) is 18.3 Å². The van der Waals surface area contributed by atoms with Crippen LogP contribution in [0, 0.1) is 6.92 Å². The molecule has 0 bridgehead atoms. The zero-order valence-corrected chi connectivity index (χ0v) is 28.3. The smallest absolute Gasteiger partial charge is 0.264 e. The van der Waals surface area contributed by atoms with Crippen LogP contribution in [0.5, 0.6) is 5.75 Å². The van der Waals surface area contributed by atoms with Gasteiger partial charge in [0.25, 0.3) is 10.0 Å². The van der Waals surface area contributed by atoms with Crippen LogP contribution >= 0.6 is 23.2 Å². The maximum atomic E-state index is 14.5. The molecule has 4 aromatic carbocycles. The van der Waals surface area contributed by atoms with Crippen molar-refractivity contribution >= 4 is 50.7 Å². The molecule has 4 rings (SSSR count). The highest BCUT2D eigenvalue weighted by Crippen LogP contribution is 2.30. The fraction of sp³-hybridized carbons (Fsp3) is 0.257. The van der Waals surface area contributed by atoms with E-state index in [9.17, 15) is 18.0 Å². The molecule has 0 aliphatic heterocycles. The van der Waals surface area contributed by atoms with Crippen molar-refractivity contribution in [2.45, 2.75) is 44.2 Å². The SMILES string of the molecule is CCCNC(=O)[C@H](Cc1ccccc1)N(Cc1cccc(OC)c1)C(=O)CN(c1cc(Cl)cc(Cl)c1)S(=O)(=O)c1ccc(C)cc1. The average molecular weight is 683 g/mol. The molecule has 0 heterocycles. The lowest BCUT2D eigenvalue weighted by Gasteiger charge is -2.34. The van der Waals surface area contributed by atoms with Crippen molar-refractivity contribution in [3.63, 3.8) is 0 Å². The number of halogens is 2. The largest absolute Gasteiger partial charge is 0.497 e. The van der Waals surface area contributed by atoms with Gasteiger partial charge in [0.15, 0.2) is 0 Å². The molecule has 242 valence electrons. The molecule has 0 radical (unpaired) electrons. The van der Waals surface area contributed by atoms with Crippen molar-refractivity contribution in [3.8, 4) is 5.75 Å². The Balaban J connectivity index is 1.83. The van der Waals surface area contributed by atoms with Gasteiger partial charge in [0.05, 0.1) is 17.7 Å². The Morgan fingerprint density at radius 2 is 1.52 bits per heavy atom. The van der Waals surface area contributed by atoms with Gasteiger partial charge in [0, 0.05) is 29.6 Å². The summed E-state index contributed by atoms with van der Waals surface area (Å²) in [6.45, 7) is 3.60. The molecule has 4 aromatic rings. The van der Waals surface area contributed by atoms with Crippen molar-refractivity contribution in [2.75, 3.05) is 24.5 Å².